The van der Waals surface area contributed by atoms with Crippen LogP contribution in [0.2, 0.25) is 0 Å². The first-order valence-corrected chi connectivity index (χ1v) is 7.88. The fourth-order valence-corrected chi connectivity index (χ4v) is 3.19. The molecule has 0 spiro atoms. The van der Waals surface area contributed by atoms with Crippen molar-refractivity contribution in [3.63, 3.8) is 0 Å². The van der Waals surface area contributed by atoms with E-state index in [0.717, 1.165) is 26.1 Å². The summed E-state index contributed by atoms with van der Waals surface area (Å²) in [5.74, 6) is 0. The largest absolute Gasteiger partial charge is 0.310 e. The van der Waals surface area contributed by atoms with Crippen LogP contribution in [0.15, 0.2) is 5.38 Å². The smallest absolute Gasteiger partial charge is 0.0897 e. The van der Waals surface area contributed by atoms with E-state index in [4.69, 9.17) is 0 Å². The summed E-state index contributed by atoms with van der Waals surface area (Å²) in [6.45, 7) is 11.4. The van der Waals surface area contributed by atoms with Crippen molar-refractivity contribution in [2.24, 2.45) is 0 Å². The Bertz CT molecular complexity index is 377. The van der Waals surface area contributed by atoms with Crippen molar-refractivity contribution >= 4 is 11.3 Å². The summed E-state index contributed by atoms with van der Waals surface area (Å²) < 4.78 is 0. The summed E-state index contributed by atoms with van der Waals surface area (Å²) in [6, 6.07) is 0. The molecule has 1 fully saturated rings. The molecular formula is C14H25N3S. The summed E-state index contributed by atoms with van der Waals surface area (Å²) in [5, 5.41) is 7.06. The predicted molar refractivity (Wildman–Crippen MR) is 78.3 cm³/mol. The standard InChI is InChI=1S/C14H25N3S/c1-4-14(3)11-17(8-5-7-15-14)9-6-13-10-18-12(2)16-13/h10,15H,4-9,11H2,1-3H3. The maximum Gasteiger partial charge on any atom is 0.0897 e. The zero-order chi connectivity index (χ0) is 13.0. The van der Waals surface area contributed by atoms with Crippen LogP contribution in [0.25, 0.3) is 0 Å². The third kappa shape index (κ3) is 3.77. The maximum atomic E-state index is 4.55. The zero-order valence-corrected chi connectivity index (χ0v) is 12.6. The van der Waals surface area contributed by atoms with Gasteiger partial charge in [-0.2, -0.15) is 0 Å². The number of nitrogens with zero attached hydrogens (tertiary/aromatic N) is 2. The Morgan fingerprint density at radius 3 is 3.06 bits per heavy atom. The van der Waals surface area contributed by atoms with Crippen molar-refractivity contribution in [3.05, 3.63) is 16.1 Å². The van der Waals surface area contributed by atoms with Gasteiger partial charge in [-0.3, -0.25) is 0 Å². The lowest BCUT2D eigenvalue weighted by atomic mass is 9.98. The molecule has 2 rings (SSSR count). The van der Waals surface area contributed by atoms with Gasteiger partial charge >= 0.3 is 0 Å². The first-order chi connectivity index (χ1) is 8.61. The lowest BCUT2D eigenvalue weighted by Crippen LogP contribution is -2.48. The van der Waals surface area contributed by atoms with Crippen LogP contribution in [0.4, 0.5) is 0 Å². The predicted octanol–water partition coefficient (Wildman–Crippen LogP) is 2.46. The van der Waals surface area contributed by atoms with Gasteiger partial charge in [-0.05, 0) is 39.8 Å². The Kier molecular flexibility index (Phi) is 4.76. The first-order valence-electron chi connectivity index (χ1n) is 7.00. The van der Waals surface area contributed by atoms with Crippen LogP contribution in [0.1, 0.15) is 37.4 Å². The van der Waals surface area contributed by atoms with Crippen molar-refractivity contribution in [1.29, 1.82) is 0 Å². The number of aryl methyl sites for hydroxylation is 1. The Hall–Kier alpha value is -0.450. The van der Waals surface area contributed by atoms with Gasteiger partial charge < -0.3 is 10.2 Å². The fourth-order valence-electron chi connectivity index (χ4n) is 2.54. The molecule has 0 aliphatic carbocycles. The molecular weight excluding hydrogens is 242 g/mol. The normalized spacial score (nSPS) is 26.2. The van der Waals surface area contributed by atoms with Gasteiger partial charge in [0, 0.05) is 30.4 Å². The molecule has 18 heavy (non-hydrogen) atoms. The number of hydrogen-bond donors (Lipinski definition) is 1. The minimum Gasteiger partial charge on any atom is -0.310 e. The van der Waals surface area contributed by atoms with Gasteiger partial charge in [-0.1, -0.05) is 6.92 Å². The highest BCUT2D eigenvalue weighted by atomic mass is 32.1. The number of thiazole rings is 1. The highest BCUT2D eigenvalue weighted by Crippen LogP contribution is 2.16. The second-order valence-corrected chi connectivity index (χ2v) is 6.64. The van der Waals surface area contributed by atoms with Crippen LogP contribution in [-0.2, 0) is 6.42 Å². The lowest BCUT2D eigenvalue weighted by molar-refractivity contribution is 0.217. The minimum atomic E-state index is 0.286. The fraction of sp³-hybridized carbons (Fsp3) is 0.786. The van der Waals surface area contributed by atoms with E-state index in [0.29, 0.717) is 0 Å². The van der Waals surface area contributed by atoms with Crippen molar-refractivity contribution in [3.8, 4) is 0 Å². The van der Waals surface area contributed by atoms with Crippen molar-refractivity contribution in [1.82, 2.24) is 15.2 Å². The van der Waals surface area contributed by atoms with Crippen LogP contribution in [0, 0.1) is 6.92 Å². The Balaban J connectivity index is 1.87. The topological polar surface area (TPSA) is 28.2 Å². The van der Waals surface area contributed by atoms with E-state index < -0.39 is 0 Å². The highest BCUT2D eigenvalue weighted by molar-refractivity contribution is 7.09. The zero-order valence-electron chi connectivity index (χ0n) is 11.8. The van der Waals surface area contributed by atoms with Crippen LogP contribution >= 0.6 is 11.3 Å². The second kappa shape index (κ2) is 6.13. The molecule has 1 aromatic rings. The molecule has 102 valence electrons. The number of aromatic nitrogens is 1. The Morgan fingerprint density at radius 2 is 2.39 bits per heavy atom. The molecule has 0 radical (unpaired) electrons. The number of hydrogen-bond acceptors (Lipinski definition) is 4. The first kappa shape index (κ1) is 14.0. The van der Waals surface area contributed by atoms with E-state index >= 15 is 0 Å². The van der Waals surface area contributed by atoms with E-state index in [1.165, 1.54) is 30.1 Å². The maximum absolute atomic E-state index is 4.55. The van der Waals surface area contributed by atoms with Crippen molar-refractivity contribution in [2.45, 2.75) is 45.6 Å². The minimum absolute atomic E-state index is 0.286. The summed E-state index contributed by atoms with van der Waals surface area (Å²) in [4.78, 5) is 7.15. The third-order valence-corrected chi connectivity index (χ3v) is 4.73. The van der Waals surface area contributed by atoms with Gasteiger partial charge in [0.25, 0.3) is 0 Å². The van der Waals surface area contributed by atoms with Crippen molar-refractivity contribution < 1.29 is 0 Å². The number of nitrogens with one attached hydrogen (secondary N) is 1. The van der Waals surface area contributed by atoms with Gasteiger partial charge in [0.15, 0.2) is 0 Å². The molecule has 1 aliphatic heterocycles. The summed E-state index contributed by atoms with van der Waals surface area (Å²) in [6.07, 6.45) is 3.54. The van der Waals surface area contributed by atoms with Gasteiger partial charge in [0.2, 0.25) is 0 Å². The molecule has 4 heteroatoms. The quantitative estimate of drug-likeness (QED) is 0.908. The number of rotatable bonds is 4. The van der Waals surface area contributed by atoms with E-state index in [-0.39, 0.29) is 5.54 Å². The lowest BCUT2D eigenvalue weighted by Gasteiger charge is -2.32. The molecule has 2 heterocycles. The molecule has 0 bridgehead atoms. The molecule has 1 aliphatic rings. The Morgan fingerprint density at radius 1 is 1.56 bits per heavy atom. The molecule has 1 atom stereocenters. The molecule has 1 unspecified atom stereocenters. The summed E-state index contributed by atoms with van der Waals surface area (Å²) in [5.41, 5.74) is 1.54. The van der Waals surface area contributed by atoms with Crippen LogP contribution in [0.5, 0.6) is 0 Å². The van der Waals surface area contributed by atoms with E-state index in [2.05, 4.69) is 41.4 Å². The van der Waals surface area contributed by atoms with Gasteiger partial charge in [-0.25, -0.2) is 4.98 Å². The molecule has 1 N–H and O–H groups in total. The summed E-state index contributed by atoms with van der Waals surface area (Å²) in [7, 11) is 0. The molecule has 0 aromatic carbocycles. The molecule has 1 aromatic heterocycles. The van der Waals surface area contributed by atoms with Gasteiger partial charge in [-0.15, -0.1) is 11.3 Å². The van der Waals surface area contributed by atoms with E-state index in [1.54, 1.807) is 11.3 Å². The molecule has 3 nitrogen and oxygen atoms in total. The van der Waals surface area contributed by atoms with Crippen molar-refractivity contribution in [2.75, 3.05) is 26.2 Å². The van der Waals surface area contributed by atoms with Gasteiger partial charge in [0.1, 0.15) is 0 Å². The Labute approximate surface area is 115 Å². The van der Waals surface area contributed by atoms with E-state index in [1.807, 2.05) is 0 Å². The molecule has 0 amide bonds. The molecule has 0 saturated carbocycles. The average Bonchev–Trinajstić information content (AvgIpc) is 2.67. The van der Waals surface area contributed by atoms with Crippen LogP contribution in [-0.4, -0.2) is 41.6 Å². The summed E-state index contributed by atoms with van der Waals surface area (Å²) >= 11 is 1.76. The van der Waals surface area contributed by atoms with Crippen LogP contribution in [0.3, 0.4) is 0 Å². The van der Waals surface area contributed by atoms with Crippen LogP contribution < -0.4 is 5.32 Å². The van der Waals surface area contributed by atoms with E-state index in [9.17, 15) is 0 Å². The van der Waals surface area contributed by atoms with Gasteiger partial charge in [0.05, 0.1) is 10.7 Å². The third-order valence-electron chi connectivity index (χ3n) is 3.91. The highest BCUT2D eigenvalue weighted by Gasteiger charge is 2.26. The molecule has 1 saturated heterocycles. The monoisotopic (exact) mass is 267 g/mol. The average molecular weight is 267 g/mol. The second-order valence-electron chi connectivity index (χ2n) is 5.58. The SMILES string of the molecule is CCC1(C)CN(CCc2csc(C)n2)CCCN1.